The molecule has 0 aliphatic carbocycles. The van der Waals surface area contributed by atoms with Crippen molar-refractivity contribution in [1.82, 2.24) is 13.5 Å². The zero-order valence-corrected chi connectivity index (χ0v) is 14.0. The van der Waals surface area contributed by atoms with E-state index in [-0.39, 0.29) is 0 Å². The lowest BCUT2D eigenvalue weighted by atomic mass is 10.0. The molecule has 1 atom stereocenters. The number of piperidine rings is 1. The molecule has 21 heavy (non-hydrogen) atoms. The van der Waals surface area contributed by atoms with Crippen molar-refractivity contribution >= 4 is 10.2 Å². The first-order valence-electron chi connectivity index (χ1n) is 8.21. The maximum Gasteiger partial charge on any atom is 0.282 e. The molecule has 0 aromatic heterocycles. The Labute approximate surface area is 129 Å². The van der Waals surface area contributed by atoms with Crippen LogP contribution in [0.4, 0.5) is 0 Å². The largest absolute Gasteiger partial charge is 0.330 e. The van der Waals surface area contributed by atoms with E-state index in [9.17, 15) is 8.42 Å². The van der Waals surface area contributed by atoms with E-state index in [4.69, 9.17) is 5.73 Å². The van der Waals surface area contributed by atoms with E-state index in [2.05, 4.69) is 11.8 Å². The van der Waals surface area contributed by atoms with Crippen LogP contribution in [0.1, 0.15) is 32.6 Å². The molecule has 2 N–H and O–H groups in total. The van der Waals surface area contributed by atoms with Gasteiger partial charge in [0.1, 0.15) is 0 Å². The van der Waals surface area contributed by atoms with Gasteiger partial charge in [-0.2, -0.15) is 17.0 Å². The fraction of sp³-hybridized carbons (Fsp3) is 1.00. The second kappa shape index (κ2) is 7.87. The molecule has 6 nitrogen and oxygen atoms in total. The van der Waals surface area contributed by atoms with Crippen LogP contribution >= 0.6 is 0 Å². The molecule has 7 heteroatoms. The molecule has 0 saturated carbocycles. The standard InChI is InChI=1S/C14H30N4O2S/c1-14-5-2-9-18(13-14)21(19,20)17-10-4-8-16(11-12-17)7-3-6-15/h14H,2-13,15H2,1H3. The lowest BCUT2D eigenvalue weighted by molar-refractivity contribution is 0.254. The van der Waals surface area contributed by atoms with Gasteiger partial charge in [0.2, 0.25) is 0 Å². The Morgan fingerprint density at radius 2 is 1.81 bits per heavy atom. The molecule has 0 amide bonds. The minimum absolute atomic E-state index is 0.474. The average Bonchev–Trinajstić information content (AvgIpc) is 2.71. The first-order chi connectivity index (χ1) is 10.0. The van der Waals surface area contributed by atoms with Gasteiger partial charge in [-0.3, -0.25) is 0 Å². The Balaban J connectivity index is 1.94. The van der Waals surface area contributed by atoms with Gasteiger partial charge in [-0.1, -0.05) is 6.92 Å². The minimum Gasteiger partial charge on any atom is -0.330 e. The maximum atomic E-state index is 12.8. The summed E-state index contributed by atoms with van der Waals surface area (Å²) in [4.78, 5) is 2.33. The first-order valence-corrected chi connectivity index (χ1v) is 9.61. The predicted octanol–water partition coefficient (Wildman–Crippen LogP) is 0.320. The minimum atomic E-state index is -3.27. The van der Waals surface area contributed by atoms with E-state index < -0.39 is 10.2 Å². The summed E-state index contributed by atoms with van der Waals surface area (Å²) >= 11 is 0. The number of nitrogens with zero attached hydrogens (tertiary/aromatic N) is 3. The number of hydrogen-bond donors (Lipinski definition) is 1. The van der Waals surface area contributed by atoms with Gasteiger partial charge in [-0.15, -0.1) is 0 Å². The molecule has 2 heterocycles. The molecule has 0 bridgehead atoms. The number of rotatable bonds is 5. The molecule has 2 aliphatic heterocycles. The van der Waals surface area contributed by atoms with Gasteiger partial charge in [-0.25, -0.2) is 0 Å². The van der Waals surface area contributed by atoms with Crippen LogP contribution in [0.25, 0.3) is 0 Å². The van der Waals surface area contributed by atoms with Crippen LogP contribution in [0.5, 0.6) is 0 Å². The average molecular weight is 318 g/mol. The summed E-state index contributed by atoms with van der Waals surface area (Å²) in [5.41, 5.74) is 5.55. The second-order valence-electron chi connectivity index (χ2n) is 6.35. The molecule has 0 spiro atoms. The Kier molecular flexibility index (Phi) is 6.43. The van der Waals surface area contributed by atoms with Gasteiger partial charge < -0.3 is 10.6 Å². The van der Waals surface area contributed by atoms with Crippen molar-refractivity contribution in [3.63, 3.8) is 0 Å². The van der Waals surface area contributed by atoms with Crippen LogP contribution in [0.3, 0.4) is 0 Å². The SMILES string of the molecule is CC1CCCN(S(=O)(=O)N2CCCN(CCCN)CC2)C1. The van der Waals surface area contributed by atoms with Gasteiger partial charge in [0, 0.05) is 32.7 Å². The summed E-state index contributed by atoms with van der Waals surface area (Å²) in [5, 5.41) is 0. The van der Waals surface area contributed by atoms with Crippen molar-refractivity contribution in [2.75, 3.05) is 52.4 Å². The zero-order chi connectivity index (χ0) is 15.3. The quantitative estimate of drug-likeness (QED) is 0.792. The number of nitrogens with two attached hydrogens (primary N) is 1. The molecule has 2 rings (SSSR count). The molecule has 2 fully saturated rings. The molecular formula is C14H30N4O2S. The van der Waals surface area contributed by atoms with Crippen molar-refractivity contribution in [1.29, 1.82) is 0 Å². The highest BCUT2D eigenvalue weighted by atomic mass is 32.2. The van der Waals surface area contributed by atoms with Crippen molar-refractivity contribution in [2.24, 2.45) is 11.7 Å². The highest BCUT2D eigenvalue weighted by molar-refractivity contribution is 7.86. The number of hydrogen-bond acceptors (Lipinski definition) is 4. The summed E-state index contributed by atoms with van der Waals surface area (Å²) in [6.07, 6.45) is 4.01. The summed E-state index contributed by atoms with van der Waals surface area (Å²) < 4.78 is 28.9. The van der Waals surface area contributed by atoms with E-state index in [1.165, 1.54) is 0 Å². The maximum absolute atomic E-state index is 12.8. The lowest BCUT2D eigenvalue weighted by Crippen LogP contribution is -2.48. The fourth-order valence-corrected chi connectivity index (χ4v) is 5.04. The van der Waals surface area contributed by atoms with Gasteiger partial charge in [0.25, 0.3) is 10.2 Å². The van der Waals surface area contributed by atoms with Crippen molar-refractivity contribution in [2.45, 2.75) is 32.6 Å². The third-order valence-corrected chi connectivity index (χ3v) is 6.50. The zero-order valence-electron chi connectivity index (χ0n) is 13.2. The molecule has 1 unspecified atom stereocenters. The molecule has 124 valence electrons. The van der Waals surface area contributed by atoms with E-state index >= 15 is 0 Å². The normalized spacial score (nSPS) is 27.6. The highest BCUT2D eigenvalue weighted by Gasteiger charge is 2.33. The van der Waals surface area contributed by atoms with Crippen LogP contribution in [0.15, 0.2) is 0 Å². The summed E-state index contributed by atoms with van der Waals surface area (Å²) in [7, 11) is -3.27. The summed E-state index contributed by atoms with van der Waals surface area (Å²) in [6.45, 7) is 8.22. The van der Waals surface area contributed by atoms with Gasteiger partial charge >= 0.3 is 0 Å². The second-order valence-corrected chi connectivity index (χ2v) is 8.28. The summed E-state index contributed by atoms with van der Waals surface area (Å²) in [6, 6.07) is 0. The molecule has 0 aromatic carbocycles. The van der Waals surface area contributed by atoms with E-state index in [0.29, 0.717) is 38.6 Å². The first kappa shape index (κ1) is 17.1. The highest BCUT2D eigenvalue weighted by Crippen LogP contribution is 2.21. The van der Waals surface area contributed by atoms with Crippen molar-refractivity contribution in [3.05, 3.63) is 0 Å². The molecule has 2 saturated heterocycles. The summed E-state index contributed by atoms with van der Waals surface area (Å²) in [5.74, 6) is 0.474. The lowest BCUT2D eigenvalue weighted by Gasteiger charge is -2.34. The van der Waals surface area contributed by atoms with Crippen molar-refractivity contribution < 1.29 is 8.42 Å². The molecular weight excluding hydrogens is 288 g/mol. The van der Waals surface area contributed by atoms with Gasteiger partial charge in [0.05, 0.1) is 0 Å². The third-order valence-electron chi connectivity index (χ3n) is 4.50. The topological polar surface area (TPSA) is 69.9 Å². The van der Waals surface area contributed by atoms with E-state index in [1.54, 1.807) is 8.61 Å². The van der Waals surface area contributed by atoms with Gasteiger partial charge in [-0.05, 0) is 51.2 Å². The Bertz CT molecular complexity index is 415. The van der Waals surface area contributed by atoms with Crippen LogP contribution < -0.4 is 5.73 Å². The molecule has 0 radical (unpaired) electrons. The Hall–Kier alpha value is -0.210. The van der Waals surface area contributed by atoms with E-state index in [1.807, 2.05) is 0 Å². The fourth-order valence-electron chi connectivity index (χ4n) is 3.24. The third kappa shape index (κ3) is 4.63. The van der Waals surface area contributed by atoms with Crippen LogP contribution in [-0.2, 0) is 10.2 Å². The van der Waals surface area contributed by atoms with Crippen LogP contribution in [0, 0.1) is 5.92 Å². The van der Waals surface area contributed by atoms with Crippen molar-refractivity contribution in [3.8, 4) is 0 Å². The molecule has 0 aromatic rings. The predicted molar refractivity (Wildman–Crippen MR) is 85.2 cm³/mol. The Morgan fingerprint density at radius 3 is 2.52 bits per heavy atom. The monoisotopic (exact) mass is 318 g/mol. The van der Waals surface area contributed by atoms with E-state index in [0.717, 1.165) is 45.3 Å². The van der Waals surface area contributed by atoms with Gasteiger partial charge in [0.15, 0.2) is 0 Å². The Morgan fingerprint density at radius 1 is 1.05 bits per heavy atom. The smallest absolute Gasteiger partial charge is 0.282 e. The molecule has 2 aliphatic rings. The van der Waals surface area contributed by atoms with Crippen LogP contribution in [-0.4, -0.2) is 74.3 Å². The van der Waals surface area contributed by atoms with Crippen LogP contribution in [0.2, 0.25) is 0 Å².